The first-order valence-electron chi connectivity index (χ1n) is 8.02. The summed E-state index contributed by atoms with van der Waals surface area (Å²) in [5.74, 6) is 1.07. The van der Waals surface area contributed by atoms with E-state index >= 15 is 0 Å². The number of rotatable bonds is 8. The zero-order chi connectivity index (χ0) is 18.2. The van der Waals surface area contributed by atoms with Gasteiger partial charge in [-0.2, -0.15) is 0 Å². The van der Waals surface area contributed by atoms with Gasteiger partial charge in [-0.3, -0.25) is 4.79 Å². The Kier molecular flexibility index (Phi) is 8.75. The first kappa shape index (κ1) is 21.6. The van der Waals surface area contributed by atoms with Crippen molar-refractivity contribution in [3.63, 3.8) is 0 Å². The number of hydrogen-bond acceptors (Lipinski definition) is 5. The molecule has 142 valence electrons. The summed E-state index contributed by atoms with van der Waals surface area (Å²) in [6.45, 7) is 2.56. The standard InChI is InChI=1S/C19H24N2O4.ClH/c1-13(11-20)21-19(22)15-9-16(23-2)18(17(10-15)24-3)25-12-14-7-5-4-6-8-14;/h4-10,13H,11-12,20H2,1-3H3,(H,21,22);1H/t13-;/m0./s1. The van der Waals surface area contributed by atoms with Crippen molar-refractivity contribution >= 4 is 18.3 Å². The molecule has 0 aliphatic heterocycles. The highest BCUT2D eigenvalue weighted by atomic mass is 35.5. The molecule has 0 saturated heterocycles. The summed E-state index contributed by atoms with van der Waals surface area (Å²) in [6, 6.07) is 12.9. The third-order valence-corrected chi connectivity index (χ3v) is 3.68. The average molecular weight is 381 g/mol. The fourth-order valence-electron chi connectivity index (χ4n) is 2.25. The van der Waals surface area contributed by atoms with E-state index in [1.54, 1.807) is 12.1 Å². The molecular weight excluding hydrogens is 356 g/mol. The molecule has 7 heteroatoms. The van der Waals surface area contributed by atoms with E-state index in [0.29, 0.717) is 36.0 Å². The lowest BCUT2D eigenvalue weighted by atomic mass is 10.1. The van der Waals surface area contributed by atoms with Gasteiger partial charge in [-0.15, -0.1) is 12.4 Å². The first-order valence-corrected chi connectivity index (χ1v) is 8.02. The predicted octanol–water partition coefficient (Wildman–Crippen LogP) is 2.78. The largest absolute Gasteiger partial charge is 0.493 e. The van der Waals surface area contributed by atoms with Crippen LogP contribution in [0.2, 0.25) is 0 Å². The van der Waals surface area contributed by atoms with Crippen molar-refractivity contribution in [2.45, 2.75) is 19.6 Å². The van der Waals surface area contributed by atoms with Gasteiger partial charge in [0.05, 0.1) is 14.2 Å². The normalized spacial score (nSPS) is 11.1. The van der Waals surface area contributed by atoms with Crippen LogP contribution in [0.3, 0.4) is 0 Å². The number of nitrogens with one attached hydrogen (secondary N) is 1. The van der Waals surface area contributed by atoms with Crippen LogP contribution in [0.15, 0.2) is 42.5 Å². The van der Waals surface area contributed by atoms with Gasteiger partial charge < -0.3 is 25.3 Å². The van der Waals surface area contributed by atoms with Gasteiger partial charge >= 0.3 is 0 Å². The Balaban J connectivity index is 0.00000338. The topological polar surface area (TPSA) is 82.8 Å². The Morgan fingerprint density at radius 3 is 2.19 bits per heavy atom. The van der Waals surface area contributed by atoms with E-state index in [-0.39, 0.29) is 24.4 Å². The molecule has 3 N–H and O–H groups in total. The molecule has 0 aliphatic rings. The zero-order valence-electron chi connectivity index (χ0n) is 15.2. The summed E-state index contributed by atoms with van der Waals surface area (Å²) in [7, 11) is 3.04. The van der Waals surface area contributed by atoms with E-state index in [4.69, 9.17) is 19.9 Å². The van der Waals surface area contributed by atoms with Gasteiger partial charge in [0.2, 0.25) is 5.75 Å². The van der Waals surface area contributed by atoms with Crippen molar-refractivity contribution in [3.05, 3.63) is 53.6 Å². The van der Waals surface area contributed by atoms with Crippen LogP contribution in [0, 0.1) is 0 Å². The molecule has 2 rings (SSSR count). The highest BCUT2D eigenvalue weighted by Crippen LogP contribution is 2.39. The van der Waals surface area contributed by atoms with Gasteiger partial charge in [0.25, 0.3) is 5.91 Å². The molecule has 0 aliphatic carbocycles. The minimum absolute atomic E-state index is 0. The third-order valence-electron chi connectivity index (χ3n) is 3.68. The van der Waals surface area contributed by atoms with Crippen LogP contribution in [0.5, 0.6) is 17.2 Å². The van der Waals surface area contributed by atoms with Crippen molar-refractivity contribution < 1.29 is 19.0 Å². The van der Waals surface area contributed by atoms with Crippen LogP contribution in [-0.2, 0) is 6.61 Å². The molecule has 0 fully saturated rings. The second-order valence-electron chi connectivity index (χ2n) is 5.59. The quantitative estimate of drug-likeness (QED) is 0.735. The Morgan fingerprint density at radius 1 is 1.12 bits per heavy atom. The summed E-state index contributed by atoms with van der Waals surface area (Å²) < 4.78 is 16.6. The van der Waals surface area contributed by atoms with E-state index in [9.17, 15) is 4.79 Å². The van der Waals surface area contributed by atoms with E-state index in [1.165, 1.54) is 14.2 Å². The number of methoxy groups -OCH3 is 2. The average Bonchev–Trinajstić information content (AvgIpc) is 2.66. The summed E-state index contributed by atoms with van der Waals surface area (Å²) in [5, 5.41) is 2.81. The minimum atomic E-state index is -0.246. The number of ether oxygens (including phenoxy) is 3. The maximum absolute atomic E-state index is 12.3. The highest BCUT2D eigenvalue weighted by molar-refractivity contribution is 5.95. The summed E-state index contributed by atoms with van der Waals surface area (Å²) in [4.78, 5) is 12.3. The smallest absolute Gasteiger partial charge is 0.251 e. The maximum atomic E-state index is 12.3. The molecule has 1 amide bonds. The predicted molar refractivity (Wildman–Crippen MR) is 104 cm³/mol. The van der Waals surface area contributed by atoms with Crippen LogP contribution in [-0.4, -0.2) is 32.7 Å². The number of hydrogen-bond donors (Lipinski definition) is 2. The molecular formula is C19H25ClN2O4. The van der Waals surface area contributed by atoms with E-state index in [2.05, 4.69) is 5.32 Å². The SMILES string of the molecule is COc1cc(C(=O)N[C@@H](C)CN)cc(OC)c1OCc1ccccc1.Cl. The lowest BCUT2D eigenvalue weighted by Crippen LogP contribution is -2.37. The van der Waals surface area contributed by atoms with Crippen molar-refractivity contribution in [2.24, 2.45) is 5.73 Å². The second-order valence-corrected chi connectivity index (χ2v) is 5.59. The van der Waals surface area contributed by atoms with Crippen LogP contribution < -0.4 is 25.3 Å². The molecule has 6 nitrogen and oxygen atoms in total. The van der Waals surface area contributed by atoms with Gasteiger partial charge in [-0.1, -0.05) is 30.3 Å². The summed E-state index contributed by atoms with van der Waals surface area (Å²) in [6.07, 6.45) is 0. The van der Waals surface area contributed by atoms with E-state index in [0.717, 1.165) is 5.56 Å². The zero-order valence-corrected chi connectivity index (χ0v) is 16.0. The van der Waals surface area contributed by atoms with Gasteiger partial charge in [-0.25, -0.2) is 0 Å². The van der Waals surface area contributed by atoms with Gasteiger partial charge in [0.1, 0.15) is 6.61 Å². The van der Waals surface area contributed by atoms with Crippen molar-refractivity contribution in [1.82, 2.24) is 5.32 Å². The molecule has 0 saturated carbocycles. The van der Waals surface area contributed by atoms with Crippen molar-refractivity contribution in [1.29, 1.82) is 0 Å². The maximum Gasteiger partial charge on any atom is 0.251 e. The van der Waals surface area contributed by atoms with Crippen LogP contribution >= 0.6 is 12.4 Å². The number of benzene rings is 2. The Morgan fingerprint density at radius 2 is 1.69 bits per heavy atom. The number of amides is 1. The Hall–Kier alpha value is -2.44. The molecule has 0 aromatic heterocycles. The fraction of sp³-hybridized carbons (Fsp3) is 0.316. The van der Waals surface area contributed by atoms with Gasteiger partial charge in [0.15, 0.2) is 11.5 Å². The summed E-state index contributed by atoms with van der Waals surface area (Å²) >= 11 is 0. The molecule has 2 aromatic rings. The number of halogens is 1. The molecule has 0 heterocycles. The number of carbonyl (C=O) groups excluding carboxylic acids is 1. The second kappa shape index (κ2) is 10.5. The molecule has 0 bridgehead atoms. The molecule has 26 heavy (non-hydrogen) atoms. The number of carbonyl (C=O) groups is 1. The van der Waals surface area contributed by atoms with Crippen LogP contribution in [0.4, 0.5) is 0 Å². The third kappa shape index (κ3) is 5.54. The van der Waals surface area contributed by atoms with E-state index < -0.39 is 0 Å². The van der Waals surface area contributed by atoms with Crippen molar-refractivity contribution in [3.8, 4) is 17.2 Å². The molecule has 0 unspecified atom stereocenters. The van der Waals surface area contributed by atoms with Crippen molar-refractivity contribution in [2.75, 3.05) is 20.8 Å². The molecule has 0 radical (unpaired) electrons. The van der Waals surface area contributed by atoms with Crippen LogP contribution in [0.25, 0.3) is 0 Å². The van der Waals surface area contributed by atoms with Gasteiger partial charge in [0, 0.05) is 18.2 Å². The highest BCUT2D eigenvalue weighted by Gasteiger charge is 2.18. The lowest BCUT2D eigenvalue weighted by Gasteiger charge is -2.17. The molecule has 0 spiro atoms. The Bertz CT molecular complexity index is 685. The van der Waals surface area contributed by atoms with Crippen LogP contribution in [0.1, 0.15) is 22.8 Å². The molecule has 1 atom stereocenters. The fourth-order valence-corrected chi connectivity index (χ4v) is 2.25. The lowest BCUT2D eigenvalue weighted by molar-refractivity contribution is 0.0940. The summed E-state index contributed by atoms with van der Waals surface area (Å²) in [5.41, 5.74) is 6.98. The minimum Gasteiger partial charge on any atom is -0.493 e. The number of nitrogens with two attached hydrogens (primary N) is 1. The van der Waals surface area contributed by atoms with E-state index in [1.807, 2.05) is 37.3 Å². The first-order chi connectivity index (χ1) is 12.1. The molecule has 2 aromatic carbocycles. The van der Waals surface area contributed by atoms with Gasteiger partial charge in [-0.05, 0) is 24.6 Å². The monoisotopic (exact) mass is 380 g/mol. The Labute approximate surface area is 160 Å².